The molecular formula is C16H22FN3O. The van der Waals surface area contributed by atoms with Gasteiger partial charge in [0.1, 0.15) is 5.82 Å². The van der Waals surface area contributed by atoms with Gasteiger partial charge in [-0.15, -0.1) is 0 Å². The van der Waals surface area contributed by atoms with E-state index in [9.17, 15) is 9.18 Å². The molecule has 4 nitrogen and oxygen atoms in total. The van der Waals surface area contributed by atoms with E-state index in [1.807, 2.05) is 0 Å². The van der Waals surface area contributed by atoms with Crippen molar-refractivity contribution in [3.05, 3.63) is 35.6 Å². The summed E-state index contributed by atoms with van der Waals surface area (Å²) < 4.78 is 12.8. The highest BCUT2D eigenvalue weighted by Crippen LogP contribution is 2.25. The molecule has 2 fully saturated rings. The minimum Gasteiger partial charge on any atom is -0.355 e. The van der Waals surface area contributed by atoms with E-state index in [4.69, 9.17) is 0 Å². The Bertz CT molecular complexity index is 479. The molecule has 0 aliphatic carbocycles. The van der Waals surface area contributed by atoms with Crippen LogP contribution >= 0.6 is 0 Å². The number of fused-ring (bicyclic) bond motifs is 1. The second-order valence-electron chi connectivity index (χ2n) is 6.10. The largest absolute Gasteiger partial charge is 0.355 e. The van der Waals surface area contributed by atoms with Crippen molar-refractivity contribution in [2.45, 2.75) is 6.42 Å². The van der Waals surface area contributed by atoms with E-state index >= 15 is 0 Å². The summed E-state index contributed by atoms with van der Waals surface area (Å²) in [6.45, 7) is 5.34. The molecule has 1 aromatic rings. The van der Waals surface area contributed by atoms with Gasteiger partial charge in [-0.2, -0.15) is 0 Å². The lowest BCUT2D eigenvalue weighted by molar-refractivity contribution is -0.122. The molecule has 21 heavy (non-hydrogen) atoms. The highest BCUT2D eigenvalue weighted by Gasteiger charge is 2.36. The maximum Gasteiger partial charge on any atom is 0.234 e. The Kier molecular flexibility index (Phi) is 4.51. The number of carbonyl (C=O) groups excluding carboxylic acids is 1. The fraction of sp³-hybridized carbons (Fsp3) is 0.562. The van der Waals surface area contributed by atoms with E-state index in [0.717, 1.165) is 50.0 Å². The van der Waals surface area contributed by atoms with Crippen LogP contribution in [-0.2, 0) is 11.2 Å². The summed E-state index contributed by atoms with van der Waals surface area (Å²) in [5, 5.41) is 6.35. The highest BCUT2D eigenvalue weighted by molar-refractivity contribution is 5.78. The van der Waals surface area contributed by atoms with E-state index in [2.05, 4.69) is 15.5 Å². The lowest BCUT2D eigenvalue weighted by atomic mass is 10.0. The third-order valence-corrected chi connectivity index (χ3v) is 4.48. The number of hydrogen-bond donors (Lipinski definition) is 2. The maximum absolute atomic E-state index is 12.8. The average Bonchev–Trinajstić information content (AvgIpc) is 3.02. The Morgan fingerprint density at radius 2 is 1.90 bits per heavy atom. The van der Waals surface area contributed by atoms with Crippen molar-refractivity contribution in [3.63, 3.8) is 0 Å². The Morgan fingerprint density at radius 3 is 2.57 bits per heavy atom. The number of benzene rings is 1. The van der Waals surface area contributed by atoms with Gasteiger partial charge in [-0.1, -0.05) is 12.1 Å². The summed E-state index contributed by atoms with van der Waals surface area (Å²) in [5.74, 6) is 1.30. The second-order valence-corrected chi connectivity index (χ2v) is 6.10. The van der Waals surface area contributed by atoms with Crippen LogP contribution in [0.1, 0.15) is 5.56 Å². The molecule has 0 bridgehead atoms. The van der Waals surface area contributed by atoms with Crippen molar-refractivity contribution in [2.24, 2.45) is 11.8 Å². The monoisotopic (exact) mass is 291 g/mol. The lowest BCUT2D eigenvalue weighted by Gasteiger charge is -2.16. The van der Waals surface area contributed by atoms with Gasteiger partial charge < -0.3 is 10.6 Å². The predicted octanol–water partition coefficient (Wildman–Crippen LogP) is 0.636. The van der Waals surface area contributed by atoms with Crippen LogP contribution in [0.4, 0.5) is 4.39 Å². The SMILES string of the molecule is O=C(CN1CC2CNCC2C1)NCCc1ccc(F)cc1. The first-order chi connectivity index (χ1) is 10.2. The maximum atomic E-state index is 12.8. The van der Waals surface area contributed by atoms with Crippen LogP contribution in [0.3, 0.4) is 0 Å². The van der Waals surface area contributed by atoms with E-state index in [1.165, 1.54) is 12.1 Å². The number of carbonyl (C=O) groups is 1. The van der Waals surface area contributed by atoms with Gasteiger partial charge in [0.2, 0.25) is 5.91 Å². The van der Waals surface area contributed by atoms with Crippen molar-refractivity contribution >= 4 is 5.91 Å². The summed E-state index contributed by atoms with van der Waals surface area (Å²) in [7, 11) is 0. The Labute approximate surface area is 124 Å². The van der Waals surface area contributed by atoms with Gasteiger partial charge in [-0.3, -0.25) is 9.69 Å². The standard InChI is InChI=1S/C16H22FN3O/c17-15-3-1-12(2-4-15)5-6-19-16(21)11-20-9-13-7-18-8-14(13)10-20/h1-4,13-14,18H,5-11H2,(H,19,21). The lowest BCUT2D eigenvalue weighted by Crippen LogP contribution is -2.38. The molecule has 2 N–H and O–H groups in total. The minimum atomic E-state index is -0.225. The van der Waals surface area contributed by atoms with Crippen LogP contribution in [0.2, 0.25) is 0 Å². The predicted molar refractivity (Wildman–Crippen MR) is 79.4 cm³/mol. The second kappa shape index (κ2) is 6.54. The molecule has 2 aliphatic rings. The third kappa shape index (κ3) is 3.80. The van der Waals surface area contributed by atoms with E-state index in [0.29, 0.717) is 13.1 Å². The fourth-order valence-corrected chi connectivity index (χ4v) is 3.34. The van der Waals surface area contributed by atoms with E-state index in [1.54, 1.807) is 12.1 Å². The smallest absolute Gasteiger partial charge is 0.234 e. The van der Waals surface area contributed by atoms with Gasteiger partial charge in [0.15, 0.2) is 0 Å². The molecule has 2 heterocycles. The van der Waals surface area contributed by atoms with Crippen LogP contribution in [0, 0.1) is 17.7 Å². The molecule has 1 amide bonds. The van der Waals surface area contributed by atoms with Crippen molar-refractivity contribution < 1.29 is 9.18 Å². The van der Waals surface area contributed by atoms with Crippen molar-refractivity contribution in [3.8, 4) is 0 Å². The minimum absolute atomic E-state index is 0.0880. The fourth-order valence-electron chi connectivity index (χ4n) is 3.34. The highest BCUT2D eigenvalue weighted by atomic mass is 19.1. The van der Waals surface area contributed by atoms with Crippen LogP contribution in [0.15, 0.2) is 24.3 Å². The molecule has 114 valence electrons. The van der Waals surface area contributed by atoms with Gasteiger partial charge in [0, 0.05) is 19.6 Å². The van der Waals surface area contributed by atoms with Gasteiger partial charge in [-0.05, 0) is 49.0 Å². The van der Waals surface area contributed by atoms with Gasteiger partial charge in [0.05, 0.1) is 6.54 Å². The van der Waals surface area contributed by atoms with E-state index in [-0.39, 0.29) is 11.7 Å². The zero-order chi connectivity index (χ0) is 14.7. The van der Waals surface area contributed by atoms with E-state index < -0.39 is 0 Å². The summed E-state index contributed by atoms with van der Waals surface area (Å²) in [6.07, 6.45) is 0.737. The number of nitrogens with one attached hydrogen (secondary N) is 2. The van der Waals surface area contributed by atoms with Crippen LogP contribution in [0.5, 0.6) is 0 Å². The first-order valence-corrected chi connectivity index (χ1v) is 7.65. The number of likely N-dealkylation sites (tertiary alicyclic amines) is 1. The molecule has 3 rings (SSSR count). The number of halogens is 1. The van der Waals surface area contributed by atoms with Crippen molar-refractivity contribution in [2.75, 3.05) is 39.3 Å². The van der Waals surface area contributed by atoms with Crippen molar-refractivity contribution in [1.29, 1.82) is 0 Å². The molecule has 2 aliphatic heterocycles. The average molecular weight is 291 g/mol. The summed E-state index contributed by atoms with van der Waals surface area (Å²) in [6, 6.07) is 6.43. The molecule has 0 aromatic heterocycles. The molecule has 1 aromatic carbocycles. The molecule has 2 saturated heterocycles. The van der Waals surface area contributed by atoms with Crippen molar-refractivity contribution in [1.82, 2.24) is 15.5 Å². The molecular weight excluding hydrogens is 269 g/mol. The van der Waals surface area contributed by atoms with Gasteiger partial charge in [-0.25, -0.2) is 4.39 Å². The summed E-state index contributed by atoms with van der Waals surface area (Å²) >= 11 is 0. The van der Waals surface area contributed by atoms with Gasteiger partial charge in [0.25, 0.3) is 0 Å². The summed E-state index contributed by atoms with van der Waals surface area (Å²) in [4.78, 5) is 14.2. The third-order valence-electron chi connectivity index (χ3n) is 4.48. The first-order valence-electron chi connectivity index (χ1n) is 7.65. The molecule has 2 unspecified atom stereocenters. The number of amides is 1. The topological polar surface area (TPSA) is 44.4 Å². The quantitative estimate of drug-likeness (QED) is 0.836. The number of rotatable bonds is 5. The molecule has 0 spiro atoms. The zero-order valence-electron chi connectivity index (χ0n) is 12.1. The molecule has 0 saturated carbocycles. The summed E-state index contributed by atoms with van der Waals surface area (Å²) in [5.41, 5.74) is 1.04. The number of hydrogen-bond acceptors (Lipinski definition) is 3. The zero-order valence-corrected chi connectivity index (χ0v) is 12.1. The first kappa shape index (κ1) is 14.5. The molecule has 2 atom stereocenters. The van der Waals surface area contributed by atoms with Crippen LogP contribution < -0.4 is 10.6 Å². The normalized spacial score (nSPS) is 25.0. The Morgan fingerprint density at radius 1 is 1.24 bits per heavy atom. The Balaban J connectivity index is 1.36. The molecule has 5 heteroatoms. The van der Waals surface area contributed by atoms with Gasteiger partial charge >= 0.3 is 0 Å². The van der Waals surface area contributed by atoms with Crippen LogP contribution in [0.25, 0.3) is 0 Å². The Hall–Kier alpha value is -1.46. The number of nitrogens with zero attached hydrogens (tertiary/aromatic N) is 1. The molecule has 0 radical (unpaired) electrons. The van der Waals surface area contributed by atoms with Crippen LogP contribution in [-0.4, -0.2) is 50.1 Å².